The van der Waals surface area contributed by atoms with Crippen molar-refractivity contribution in [2.24, 2.45) is 0 Å². The average Bonchev–Trinajstić information content (AvgIpc) is 2.38. The van der Waals surface area contributed by atoms with E-state index >= 15 is 0 Å². The molecule has 21 heavy (non-hydrogen) atoms. The van der Waals surface area contributed by atoms with Crippen molar-refractivity contribution >= 4 is 5.97 Å². The highest BCUT2D eigenvalue weighted by Gasteiger charge is 2.30. The summed E-state index contributed by atoms with van der Waals surface area (Å²) in [6.45, 7) is 1.57. The van der Waals surface area contributed by atoms with E-state index in [-0.39, 0.29) is 17.2 Å². The van der Waals surface area contributed by atoms with Crippen molar-refractivity contribution in [3.63, 3.8) is 0 Å². The summed E-state index contributed by atoms with van der Waals surface area (Å²) in [6.07, 6.45) is -3.08. The number of aryl methyl sites for hydroxylation is 1. The molecule has 0 saturated heterocycles. The van der Waals surface area contributed by atoms with Crippen LogP contribution in [0.2, 0.25) is 0 Å². The van der Waals surface area contributed by atoms with E-state index in [9.17, 15) is 18.0 Å². The molecule has 0 fully saturated rings. The first-order valence-corrected chi connectivity index (χ1v) is 5.83. The van der Waals surface area contributed by atoms with Crippen LogP contribution in [-0.4, -0.2) is 16.1 Å². The Labute approximate surface area is 117 Å². The number of carboxylic acid groups (broad SMARTS) is 1. The highest BCUT2D eigenvalue weighted by Crippen LogP contribution is 2.31. The fraction of sp³-hybridized carbons (Fsp3) is 0.143. The highest BCUT2D eigenvalue weighted by atomic mass is 19.4. The molecule has 0 unspecified atom stereocenters. The van der Waals surface area contributed by atoms with Crippen LogP contribution in [0.5, 0.6) is 11.6 Å². The van der Waals surface area contributed by atoms with Gasteiger partial charge in [0.2, 0.25) is 5.88 Å². The Morgan fingerprint density at radius 2 is 1.81 bits per heavy atom. The molecule has 2 rings (SSSR count). The summed E-state index contributed by atoms with van der Waals surface area (Å²) in [4.78, 5) is 15.0. The van der Waals surface area contributed by atoms with Crippen LogP contribution in [0.25, 0.3) is 0 Å². The molecule has 1 aromatic heterocycles. The molecule has 0 bridgehead atoms. The number of benzene rings is 1. The molecule has 1 aromatic carbocycles. The molecular formula is C14H10F3NO3. The van der Waals surface area contributed by atoms with E-state index in [1.54, 1.807) is 6.92 Å². The maximum atomic E-state index is 12.4. The lowest BCUT2D eigenvalue weighted by molar-refractivity contribution is -0.137. The fourth-order valence-corrected chi connectivity index (χ4v) is 1.69. The minimum Gasteiger partial charge on any atom is -0.477 e. The number of ether oxygens (including phenoxy) is 1. The van der Waals surface area contributed by atoms with Crippen molar-refractivity contribution in [2.45, 2.75) is 13.1 Å². The van der Waals surface area contributed by atoms with Gasteiger partial charge in [0.1, 0.15) is 11.3 Å². The average molecular weight is 297 g/mol. The van der Waals surface area contributed by atoms with Gasteiger partial charge in [-0.3, -0.25) is 0 Å². The van der Waals surface area contributed by atoms with Crippen molar-refractivity contribution in [2.75, 3.05) is 0 Å². The van der Waals surface area contributed by atoms with Gasteiger partial charge in [-0.1, -0.05) is 0 Å². The maximum absolute atomic E-state index is 12.4. The van der Waals surface area contributed by atoms with E-state index in [1.165, 1.54) is 12.3 Å². The Balaban J connectivity index is 2.31. The van der Waals surface area contributed by atoms with E-state index in [0.717, 1.165) is 24.3 Å². The Hall–Kier alpha value is -2.57. The smallest absolute Gasteiger partial charge is 0.416 e. The van der Waals surface area contributed by atoms with Crippen LogP contribution in [0.15, 0.2) is 36.5 Å². The molecule has 0 aliphatic rings. The number of halogens is 3. The summed E-state index contributed by atoms with van der Waals surface area (Å²) in [7, 11) is 0. The largest absolute Gasteiger partial charge is 0.477 e. The maximum Gasteiger partial charge on any atom is 0.416 e. The van der Waals surface area contributed by atoms with Gasteiger partial charge in [-0.15, -0.1) is 0 Å². The zero-order valence-corrected chi connectivity index (χ0v) is 10.8. The highest BCUT2D eigenvalue weighted by molar-refractivity contribution is 5.91. The Morgan fingerprint density at radius 3 is 2.33 bits per heavy atom. The van der Waals surface area contributed by atoms with Crippen LogP contribution >= 0.6 is 0 Å². The van der Waals surface area contributed by atoms with E-state index in [1.807, 2.05) is 0 Å². The molecule has 0 radical (unpaired) electrons. The summed E-state index contributed by atoms with van der Waals surface area (Å²) in [6, 6.07) is 5.43. The summed E-state index contributed by atoms with van der Waals surface area (Å²) >= 11 is 0. The summed E-state index contributed by atoms with van der Waals surface area (Å²) in [5.41, 5.74) is -0.498. The van der Waals surface area contributed by atoms with Gasteiger partial charge in [-0.25, -0.2) is 9.78 Å². The number of aromatic nitrogens is 1. The molecule has 0 atom stereocenters. The van der Waals surface area contributed by atoms with Crippen molar-refractivity contribution in [3.05, 3.63) is 53.2 Å². The minimum absolute atomic E-state index is 0.0728. The zero-order valence-electron chi connectivity index (χ0n) is 10.8. The Bertz CT molecular complexity index is 666. The normalized spacial score (nSPS) is 11.2. The number of nitrogens with zero attached hydrogens (tertiary/aromatic N) is 1. The lowest BCUT2D eigenvalue weighted by Crippen LogP contribution is -2.06. The monoisotopic (exact) mass is 297 g/mol. The van der Waals surface area contributed by atoms with E-state index < -0.39 is 17.7 Å². The third kappa shape index (κ3) is 3.31. The number of alkyl halides is 3. The Kier molecular flexibility index (Phi) is 3.84. The molecule has 0 amide bonds. The van der Waals surface area contributed by atoms with E-state index in [0.29, 0.717) is 5.56 Å². The van der Waals surface area contributed by atoms with Crippen LogP contribution in [-0.2, 0) is 6.18 Å². The van der Waals surface area contributed by atoms with Gasteiger partial charge in [0, 0.05) is 6.20 Å². The van der Waals surface area contributed by atoms with Crippen molar-refractivity contribution in [1.29, 1.82) is 0 Å². The van der Waals surface area contributed by atoms with Crippen LogP contribution in [0.3, 0.4) is 0 Å². The molecule has 7 heteroatoms. The summed E-state index contributed by atoms with van der Waals surface area (Å²) in [5, 5.41) is 9.11. The van der Waals surface area contributed by atoms with Crippen molar-refractivity contribution < 1.29 is 27.8 Å². The minimum atomic E-state index is -4.44. The predicted molar refractivity (Wildman–Crippen MR) is 67.5 cm³/mol. The molecule has 110 valence electrons. The number of rotatable bonds is 3. The number of pyridine rings is 1. The van der Waals surface area contributed by atoms with Gasteiger partial charge in [0.05, 0.1) is 5.56 Å². The molecular weight excluding hydrogens is 287 g/mol. The fourth-order valence-electron chi connectivity index (χ4n) is 1.69. The number of hydrogen-bond acceptors (Lipinski definition) is 3. The predicted octanol–water partition coefficient (Wildman–Crippen LogP) is 3.90. The second-order valence-electron chi connectivity index (χ2n) is 4.24. The summed E-state index contributed by atoms with van der Waals surface area (Å²) in [5.74, 6) is -1.31. The zero-order chi connectivity index (χ0) is 15.6. The second kappa shape index (κ2) is 5.43. The first-order valence-electron chi connectivity index (χ1n) is 5.83. The second-order valence-corrected chi connectivity index (χ2v) is 4.24. The Morgan fingerprint density at radius 1 is 1.19 bits per heavy atom. The molecule has 1 N–H and O–H groups in total. The number of aromatic carboxylic acids is 1. The van der Waals surface area contributed by atoms with Crippen LogP contribution < -0.4 is 4.74 Å². The molecule has 2 aromatic rings. The lowest BCUT2D eigenvalue weighted by atomic mass is 10.1. The first kappa shape index (κ1) is 14.8. The first-order chi connectivity index (χ1) is 9.79. The van der Waals surface area contributed by atoms with Crippen LogP contribution in [0, 0.1) is 6.92 Å². The molecule has 0 spiro atoms. The van der Waals surface area contributed by atoms with Gasteiger partial charge < -0.3 is 9.84 Å². The number of hydrogen-bond donors (Lipinski definition) is 1. The van der Waals surface area contributed by atoms with Crippen LogP contribution in [0.1, 0.15) is 21.5 Å². The van der Waals surface area contributed by atoms with E-state index in [4.69, 9.17) is 9.84 Å². The van der Waals surface area contributed by atoms with Gasteiger partial charge in [-0.2, -0.15) is 13.2 Å². The molecule has 4 nitrogen and oxygen atoms in total. The molecule has 1 heterocycles. The van der Waals surface area contributed by atoms with Gasteiger partial charge in [-0.05, 0) is 42.8 Å². The third-order valence-corrected chi connectivity index (χ3v) is 2.73. The SMILES string of the molecule is Cc1ccnc(Oc2ccc(C(F)(F)F)cc2)c1C(=O)O. The molecule has 0 aliphatic heterocycles. The quantitative estimate of drug-likeness (QED) is 0.933. The topological polar surface area (TPSA) is 59.4 Å². The number of carbonyl (C=O) groups is 1. The standard InChI is InChI=1S/C14H10F3NO3/c1-8-6-7-18-12(11(8)13(19)20)21-10-4-2-9(3-5-10)14(15,16)17/h2-7H,1H3,(H,19,20). The lowest BCUT2D eigenvalue weighted by Gasteiger charge is -2.10. The van der Waals surface area contributed by atoms with Gasteiger partial charge in [0.15, 0.2) is 0 Å². The molecule has 0 saturated carbocycles. The van der Waals surface area contributed by atoms with E-state index in [2.05, 4.69) is 4.98 Å². The van der Waals surface area contributed by atoms with Gasteiger partial charge >= 0.3 is 12.1 Å². The third-order valence-electron chi connectivity index (χ3n) is 2.73. The van der Waals surface area contributed by atoms with Crippen molar-refractivity contribution in [1.82, 2.24) is 4.98 Å². The number of carboxylic acids is 1. The summed E-state index contributed by atoms with van der Waals surface area (Å²) < 4.78 is 42.6. The van der Waals surface area contributed by atoms with Crippen molar-refractivity contribution in [3.8, 4) is 11.6 Å². The molecule has 0 aliphatic carbocycles. The van der Waals surface area contributed by atoms with Gasteiger partial charge in [0.25, 0.3) is 0 Å². The van der Waals surface area contributed by atoms with Crippen LogP contribution in [0.4, 0.5) is 13.2 Å².